The highest BCUT2D eigenvalue weighted by Gasteiger charge is 2.35. The van der Waals surface area contributed by atoms with Crippen LogP contribution in [-0.2, 0) is 6.18 Å². The fourth-order valence-electron chi connectivity index (χ4n) is 3.40. The highest BCUT2D eigenvalue weighted by Crippen LogP contribution is 2.32. The van der Waals surface area contributed by atoms with Gasteiger partial charge in [-0.3, -0.25) is 9.80 Å². The summed E-state index contributed by atoms with van der Waals surface area (Å²) in [6, 6.07) is 8.90. The fourth-order valence-corrected chi connectivity index (χ4v) is 3.69. The van der Waals surface area contributed by atoms with E-state index in [1.165, 1.54) is 0 Å². The summed E-state index contributed by atoms with van der Waals surface area (Å²) >= 11 is 6.12. The molecule has 3 aromatic rings. The molecule has 0 bridgehead atoms. The maximum atomic E-state index is 12.8. The number of hydrogen-bond acceptors (Lipinski definition) is 2. The van der Waals surface area contributed by atoms with Crippen LogP contribution in [-0.4, -0.2) is 30.7 Å². The molecule has 4 rings (SSSR count). The van der Waals surface area contributed by atoms with Crippen molar-refractivity contribution in [1.29, 1.82) is 0 Å². The lowest BCUT2D eigenvalue weighted by Crippen LogP contribution is -2.49. The van der Waals surface area contributed by atoms with Gasteiger partial charge in [-0.2, -0.15) is 13.2 Å². The van der Waals surface area contributed by atoms with Crippen LogP contribution in [0.3, 0.4) is 0 Å². The maximum absolute atomic E-state index is 12.8. The zero-order chi connectivity index (χ0) is 19.7. The van der Waals surface area contributed by atoms with E-state index in [0.29, 0.717) is 32.0 Å². The minimum absolute atomic E-state index is 0.0718. The first-order valence-corrected chi connectivity index (χ1v) is 9.23. The first-order valence-electron chi connectivity index (χ1n) is 8.86. The maximum Gasteiger partial charge on any atom is 0.419 e. The Morgan fingerprint density at radius 3 is 2.14 bits per heavy atom. The highest BCUT2D eigenvalue weighted by molar-refractivity contribution is 6.32. The lowest BCUT2D eigenvalue weighted by Gasteiger charge is -2.28. The van der Waals surface area contributed by atoms with Crippen molar-refractivity contribution in [3.8, 4) is 5.69 Å². The van der Waals surface area contributed by atoms with Gasteiger partial charge >= 0.3 is 6.18 Å². The van der Waals surface area contributed by atoms with Gasteiger partial charge in [-0.1, -0.05) is 11.6 Å². The molecule has 3 aromatic heterocycles. The van der Waals surface area contributed by atoms with Crippen molar-refractivity contribution in [2.75, 3.05) is 36.0 Å². The summed E-state index contributed by atoms with van der Waals surface area (Å²) in [5.41, 5.74) is 0.259. The Morgan fingerprint density at radius 2 is 1.54 bits per heavy atom. The molecule has 0 spiro atoms. The molecular formula is C19H19ClF3N5+2. The lowest BCUT2D eigenvalue weighted by atomic mass is 10.2. The minimum Gasteiger partial charge on any atom is -0.317 e. The summed E-state index contributed by atoms with van der Waals surface area (Å²) < 4.78 is 40.5. The Bertz CT molecular complexity index is 950. The summed E-state index contributed by atoms with van der Waals surface area (Å²) in [5.74, 6) is 1.51. The number of nitrogens with one attached hydrogen (secondary N) is 2. The van der Waals surface area contributed by atoms with Crippen molar-refractivity contribution in [3.63, 3.8) is 0 Å². The number of pyridine rings is 2. The predicted octanol–water partition coefficient (Wildman–Crippen LogP) is 3.10. The van der Waals surface area contributed by atoms with Gasteiger partial charge in [0, 0.05) is 12.4 Å². The van der Waals surface area contributed by atoms with Gasteiger partial charge in [0.2, 0.25) is 0 Å². The zero-order valence-corrected chi connectivity index (χ0v) is 15.6. The number of nitrogens with zero attached hydrogens (tertiary/aromatic N) is 3. The number of alkyl halides is 3. The van der Waals surface area contributed by atoms with Crippen LogP contribution in [0.1, 0.15) is 5.56 Å². The second-order valence-corrected chi connectivity index (χ2v) is 6.96. The first-order chi connectivity index (χ1) is 13.4. The van der Waals surface area contributed by atoms with Gasteiger partial charge in [0.1, 0.15) is 43.1 Å². The van der Waals surface area contributed by atoms with Gasteiger partial charge in [0.05, 0.1) is 11.8 Å². The fraction of sp³-hybridized carbons (Fsp3) is 0.263. The number of H-pyrrole nitrogens is 2. The summed E-state index contributed by atoms with van der Waals surface area (Å²) in [7, 11) is 0. The number of aromatic nitrogens is 3. The Hall–Kier alpha value is -2.74. The first kappa shape index (κ1) is 18.6. The zero-order valence-electron chi connectivity index (χ0n) is 14.9. The van der Waals surface area contributed by atoms with E-state index in [-0.39, 0.29) is 5.02 Å². The molecule has 0 atom stereocenters. The average molecular weight is 410 g/mol. The number of anilines is 2. The summed E-state index contributed by atoms with van der Waals surface area (Å²) in [6.07, 6.45) is 2.40. The Morgan fingerprint density at radius 1 is 0.893 bits per heavy atom. The van der Waals surface area contributed by atoms with E-state index >= 15 is 0 Å². The van der Waals surface area contributed by atoms with E-state index in [1.54, 1.807) is 0 Å². The molecule has 0 amide bonds. The predicted molar refractivity (Wildman–Crippen MR) is 99.8 cm³/mol. The quantitative estimate of drug-likeness (QED) is 0.667. The van der Waals surface area contributed by atoms with Crippen LogP contribution in [0.2, 0.25) is 5.02 Å². The van der Waals surface area contributed by atoms with Crippen LogP contribution >= 0.6 is 11.6 Å². The number of piperazine rings is 1. The van der Waals surface area contributed by atoms with Gasteiger partial charge in [-0.25, -0.2) is 9.97 Å². The normalized spacial score (nSPS) is 15.1. The molecule has 4 heterocycles. The molecular weight excluding hydrogens is 391 g/mol. The van der Waals surface area contributed by atoms with Crippen molar-refractivity contribution in [2.45, 2.75) is 6.18 Å². The van der Waals surface area contributed by atoms with Crippen LogP contribution in [0.25, 0.3) is 5.69 Å². The molecule has 1 saturated heterocycles. The molecule has 1 aliphatic heterocycles. The monoisotopic (exact) mass is 409 g/mol. The van der Waals surface area contributed by atoms with Crippen LogP contribution in [0.15, 0.2) is 55.1 Å². The molecule has 1 fully saturated rings. The summed E-state index contributed by atoms with van der Waals surface area (Å²) in [4.78, 5) is 10.2. The molecule has 0 unspecified atom stereocenters. The number of hydrogen-bond donors (Lipinski definition) is 0. The van der Waals surface area contributed by atoms with Crippen molar-refractivity contribution < 1.29 is 23.1 Å². The van der Waals surface area contributed by atoms with Crippen LogP contribution < -0.4 is 19.8 Å². The molecule has 0 radical (unpaired) electrons. The molecule has 0 saturated carbocycles. The van der Waals surface area contributed by atoms with Crippen LogP contribution in [0, 0.1) is 0 Å². The SMILES string of the molecule is FC(F)(F)c1c[nH+]c(N2CCN(c3[nH+]cccc3-n3cccc3)CC2)c(Cl)c1. The molecule has 28 heavy (non-hydrogen) atoms. The molecule has 1 aliphatic rings. The Kier molecular flexibility index (Phi) is 4.89. The van der Waals surface area contributed by atoms with Crippen molar-refractivity contribution >= 4 is 23.2 Å². The second-order valence-electron chi connectivity index (χ2n) is 6.55. The minimum atomic E-state index is -4.42. The van der Waals surface area contributed by atoms with Crippen LogP contribution in [0.4, 0.5) is 24.8 Å². The summed E-state index contributed by atoms with van der Waals surface area (Å²) in [6.45, 7) is 2.69. The van der Waals surface area contributed by atoms with Crippen molar-refractivity contribution in [2.24, 2.45) is 0 Å². The lowest BCUT2D eigenvalue weighted by molar-refractivity contribution is -0.368. The third kappa shape index (κ3) is 3.64. The Labute approximate surface area is 165 Å². The molecule has 0 aliphatic carbocycles. The van der Waals surface area contributed by atoms with Gasteiger partial charge in [-0.15, -0.1) is 0 Å². The van der Waals surface area contributed by atoms with Gasteiger partial charge in [0.15, 0.2) is 0 Å². The van der Waals surface area contributed by atoms with Gasteiger partial charge < -0.3 is 4.57 Å². The molecule has 146 valence electrons. The number of rotatable bonds is 3. The molecule has 2 N–H and O–H groups in total. The van der Waals surface area contributed by atoms with E-state index in [4.69, 9.17) is 11.6 Å². The third-order valence-electron chi connectivity index (χ3n) is 4.81. The largest absolute Gasteiger partial charge is 0.419 e. The standard InChI is InChI=1S/C19H17ClF3N5/c20-15-12-14(19(21,22)23)13-25-17(15)27-8-10-28(11-9-27)18-16(4-3-5-24-18)26-6-1-2-7-26/h1-7,12-13H,8-11H2/p+2. The molecule has 9 heteroatoms. The highest BCUT2D eigenvalue weighted by atomic mass is 35.5. The topological polar surface area (TPSA) is 39.7 Å². The molecule has 5 nitrogen and oxygen atoms in total. The summed E-state index contributed by atoms with van der Waals surface area (Å²) in [5, 5.41) is 0.0718. The second kappa shape index (κ2) is 7.35. The van der Waals surface area contributed by atoms with Crippen molar-refractivity contribution in [1.82, 2.24) is 4.57 Å². The van der Waals surface area contributed by atoms with Gasteiger partial charge in [0.25, 0.3) is 11.6 Å². The van der Waals surface area contributed by atoms with E-state index < -0.39 is 11.7 Å². The van der Waals surface area contributed by atoms with Crippen molar-refractivity contribution in [3.05, 3.63) is 65.7 Å². The van der Waals surface area contributed by atoms with E-state index in [2.05, 4.69) is 14.9 Å². The van der Waals surface area contributed by atoms with Gasteiger partial charge in [-0.05, 0) is 30.3 Å². The number of aromatic amines is 2. The Balaban J connectivity index is 1.51. The van der Waals surface area contributed by atoms with E-state index in [0.717, 1.165) is 23.8 Å². The molecule has 0 aromatic carbocycles. The van der Waals surface area contributed by atoms with E-state index in [1.807, 2.05) is 52.3 Å². The number of halogens is 4. The third-order valence-corrected chi connectivity index (χ3v) is 5.10. The average Bonchev–Trinajstić information content (AvgIpc) is 3.22. The van der Waals surface area contributed by atoms with E-state index in [9.17, 15) is 13.2 Å². The smallest absolute Gasteiger partial charge is 0.317 e. The van der Waals surface area contributed by atoms with Crippen LogP contribution in [0.5, 0.6) is 0 Å².